The van der Waals surface area contributed by atoms with Gasteiger partial charge in [0.15, 0.2) is 5.60 Å². The van der Waals surface area contributed by atoms with Crippen LogP contribution in [0.4, 0.5) is 5.69 Å². The van der Waals surface area contributed by atoms with E-state index in [0.717, 1.165) is 16.8 Å². The number of amides is 1. The summed E-state index contributed by atoms with van der Waals surface area (Å²) in [6.45, 7) is 4.45. The van der Waals surface area contributed by atoms with Gasteiger partial charge in [0.1, 0.15) is 0 Å². The van der Waals surface area contributed by atoms with E-state index in [4.69, 9.17) is 0 Å². The number of likely N-dealkylation sites (N-methyl/N-ethyl adjacent to an activating group) is 1. The lowest BCUT2D eigenvalue weighted by Crippen LogP contribution is -2.39. The fourth-order valence-corrected chi connectivity index (χ4v) is 3.11. The van der Waals surface area contributed by atoms with Gasteiger partial charge in [-0.25, -0.2) is 0 Å². The summed E-state index contributed by atoms with van der Waals surface area (Å²) >= 11 is 0. The lowest BCUT2D eigenvalue weighted by atomic mass is 9.90. The van der Waals surface area contributed by atoms with Gasteiger partial charge < -0.3 is 10.0 Å². The van der Waals surface area contributed by atoms with E-state index in [1.54, 1.807) is 4.90 Å². The molecule has 2 aromatic rings. The van der Waals surface area contributed by atoms with E-state index in [1.165, 1.54) is 0 Å². The van der Waals surface area contributed by atoms with Gasteiger partial charge in [-0.3, -0.25) is 4.79 Å². The Balaban J connectivity index is 1.93. The molecule has 0 aliphatic carbocycles. The largest absolute Gasteiger partial charge is 0.375 e. The van der Waals surface area contributed by atoms with Gasteiger partial charge >= 0.3 is 0 Å². The minimum Gasteiger partial charge on any atom is -0.375 e. The zero-order valence-corrected chi connectivity index (χ0v) is 13.5. The van der Waals surface area contributed by atoms with Crippen LogP contribution in [0.5, 0.6) is 0 Å². The Labute approximate surface area is 136 Å². The number of aryl methyl sites for hydroxylation is 1. The van der Waals surface area contributed by atoms with Crippen molar-refractivity contribution in [3.63, 3.8) is 0 Å². The summed E-state index contributed by atoms with van der Waals surface area (Å²) in [7, 11) is 0. The zero-order chi connectivity index (χ0) is 16.4. The van der Waals surface area contributed by atoms with Crippen LogP contribution < -0.4 is 4.90 Å². The van der Waals surface area contributed by atoms with Crippen molar-refractivity contribution in [1.29, 1.82) is 0 Å². The van der Waals surface area contributed by atoms with Gasteiger partial charge in [-0.1, -0.05) is 60.2 Å². The van der Waals surface area contributed by atoms with Crippen molar-refractivity contribution in [2.45, 2.75) is 25.9 Å². The summed E-state index contributed by atoms with van der Waals surface area (Å²) in [5.74, 6) is -0.238. The molecule has 23 heavy (non-hydrogen) atoms. The molecule has 1 N–H and O–H groups in total. The molecule has 2 aromatic carbocycles. The number of carbonyl (C=O) groups excluding carboxylic acids is 1. The molecule has 0 radical (unpaired) electrons. The van der Waals surface area contributed by atoms with Crippen LogP contribution in [0.1, 0.15) is 30.0 Å². The number of carbonyl (C=O) groups is 1. The maximum Gasteiger partial charge on any atom is 0.263 e. The van der Waals surface area contributed by atoms with Gasteiger partial charge in [0, 0.05) is 18.5 Å². The van der Waals surface area contributed by atoms with Gasteiger partial charge in [0.2, 0.25) is 0 Å². The molecule has 3 nitrogen and oxygen atoms in total. The Bertz CT molecular complexity index is 751. The smallest absolute Gasteiger partial charge is 0.263 e. The Kier molecular flexibility index (Phi) is 4.05. The Morgan fingerprint density at radius 3 is 2.61 bits per heavy atom. The summed E-state index contributed by atoms with van der Waals surface area (Å²) < 4.78 is 0. The lowest BCUT2D eigenvalue weighted by Gasteiger charge is -2.21. The highest BCUT2D eigenvalue weighted by Gasteiger charge is 2.48. The average Bonchev–Trinajstić information content (AvgIpc) is 2.76. The molecule has 1 aliphatic rings. The number of hydrogen-bond acceptors (Lipinski definition) is 2. The summed E-state index contributed by atoms with van der Waals surface area (Å²) in [5, 5.41) is 11.1. The van der Waals surface area contributed by atoms with Crippen molar-refractivity contribution in [2.75, 3.05) is 11.4 Å². The molecular weight excluding hydrogens is 286 g/mol. The highest BCUT2D eigenvalue weighted by Crippen LogP contribution is 2.42. The van der Waals surface area contributed by atoms with Crippen LogP contribution in [0.15, 0.2) is 54.6 Å². The minimum absolute atomic E-state index is 0.238. The standard InChI is InChI=1S/C20H21NO2/c1-3-21-18-12-11-15(2)14-17(18)20(23,19(21)22)13-7-10-16-8-5-4-6-9-16/h4-12,14,23H,3,13H2,1-2H3/b10-7+. The first-order valence-corrected chi connectivity index (χ1v) is 7.93. The molecule has 0 fully saturated rings. The van der Waals surface area contributed by atoms with Crippen LogP contribution >= 0.6 is 0 Å². The van der Waals surface area contributed by atoms with E-state index >= 15 is 0 Å². The van der Waals surface area contributed by atoms with Gasteiger partial charge in [0.05, 0.1) is 5.69 Å². The van der Waals surface area contributed by atoms with Crippen LogP contribution in [0.3, 0.4) is 0 Å². The van der Waals surface area contributed by atoms with Crippen molar-refractivity contribution in [3.05, 3.63) is 71.3 Å². The maximum atomic E-state index is 12.7. The normalized spacial score (nSPS) is 20.3. The first-order chi connectivity index (χ1) is 11.1. The number of hydrogen-bond donors (Lipinski definition) is 1. The minimum atomic E-state index is -1.47. The molecule has 118 valence electrons. The molecule has 3 rings (SSSR count). The van der Waals surface area contributed by atoms with Gasteiger partial charge in [-0.15, -0.1) is 0 Å². The van der Waals surface area contributed by atoms with Crippen LogP contribution in [-0.4, -0.2) is 17.6 Å². The van der Waals surface area contributed by atoms with E-state index in [2.05, 4.69) is 0 Å². The molecule has 0 saturated carbocycles. The van der Waals surface area contributed by atoms with Crippen LogP contribution in [0.2, 0.25) is 0 Å². The van der Waals surface area contributed by atoms with E-state index in [0.29, 0.717) is 12.1 Å². The molecule has 1 heterocycles. The van der Waals surface area contributed by atoms with Gasteiger partial charge in [0.25, 0.3) is 5.91 Å². The Morgan fingerprint density at radius 2 is 1.91 bits per heavy atom. The maximum absolute atomic E-state index is 12.7. The van der Waals surface area contributed by atoms with Crippen molar-refractivity contribution in [3.8, 4) is 0 Å². The van der Waals surface area contributed by atoms with E-state index in [1.807, 2.05) is 74.5 Å². The molecule has 0 spiro atoms. The number of anilines is 1. The third kappa shape index (κ3) is 2.68. The van der Waals surface area contributed by atoms with Crippen molar-refractivity contribution >= 4 is 17.7 Å². The van der Waals surface area contributed by atoms with Gasteiger partial charge in [-0.2, -0.15) is 0 Å². The predicted octanol–water partition coefficient (Wildman–Crippen LogP) is 3.65. The summed E-state index contributed by atoms with van der Waals surface area (Å²) in [4.78, 5) is 14.4. The van der Waals surface area contributed by atoms with Crippen LogP contribution in [-0.2, 0) is 10.4 Å². The van der Waals surface area contributed by atoms with E-state index < -0.39 is 5.60 Å². The van der Waals surface area contributed by atoms with Gasteiger partial charge in [-0.05, 0) is 25.5 Å². The molecule has 1 aliphatic heterocycles. The van der Waals surface area contributed by atoms with Crippen molar-refractivity contribution in [2.24, 2.45) is 0 Å². The highest BCUT2D eigenvalue weighted by atomic mass is 16.3. The van der Waals surface area contributed by atoms with E-state index in [9.17, 15) is 9.90 Å². The predicted molar refractivity (Wildman–Crippen MR) is 93.2 cm³/mol. The van der Waals surface area contributed by atoms with Crippen molar-refractivity contribution in [1.82, 2.24) is 0 Å². The summed E-state index contributed by atoms with van der Waals surface area (Å²) in [6, 6.07) is 15.7. The molecule has 0 saturated heterocycles. The number of rotatable bonds is 4. The van der Waals surface area contributed by atoms with Crippen LogP contribution in [0, 0.1) is 6.92 Å². The average molecular weight is 307 g/mol. The second-order valence-corrected chi connectivity index (χ2v) is 5.95. The fourth-order valence-electron chi connectivity index (χ4n) is 3.11. The summed E-state index contributed by atoms with van der Waals surface area (Å²) in [6.07, 6.45) is 4.08. The quantitative estimate of drug-likeness (QED) is 0.936. The van der Waals surface area contributed by atoms with Crippen molar-refractivity contribution < 1.29 is 9.90 Å². The molecule has 1 amide bonds. The molecule has 1 atom stereocenters. The topological polar surface area (TPSA) is 40.5 Å². The van der Waals surface area contributed by atoms with Crippen LogP contribution in [0.25, 0.3) is 6.08 Å². The molecule has 1 unspecified atom stereocenters. The third-order valence-corrected chi connectivity index (χ3v) is 4.33. The number of nitrogens with zero attached hydrogens (tertiary/aromatic N) is 1. The Morgan fingerprint density at radius 1 is 1.17 bits per heavy atom. The molecular formula is C20H21NO2. The monoisotopic (exact) mass is 307 g/mol. The second kappa shape index (κ2) is 6.01. The second-order valence-electron chi connectivity index (χ2n) is 5.95. The summed E-state index contributed by atoms with van der Waals surface area (Å²) in [5.41, 5.74) is 2.15. The number of fused-ring (bicyclic) bond motifs is 1. The van der Waals surface area contributed by atoms with E-state index in [-0.39, 0.29) is 12.3 Å². The highest BCUT2D eigenvalue weighted by molar-refractivity contribution is 6.07. The number of aliphatic hydroxyl groups is 1. The number of benzene rings is 2. The first-order valence-electron chi connectivity index (χ1n) is 7.93. The zero-order valence-electron chi connectivity index (χ0n) is 13.5. The SMILES string of the molecule is CCN1C(=O)C(O)(C/C=C/c2ccccc2)c2cc(C)ccc21. The molecule has 3 heteroatoms. The fraction of sp³-hybridized carbons (Fsp3) is 0.250. The third-order valence-electron chi connectivity index (χ3n) is 4.33. The lowest BCUT2D eigenvalue weighted by molar-refractivity contribution is -0.135. The first kappa shape index (κ1) is 15.5. The molecule has 0 bridgehead atoms. The Hall–Kier alpha value is -2.39. The molecule has 0 aromatic heterocycles.